The zero-order chi connectivity index (χ0) is 15.1. The number of rotatable bonds is 4. The van der Waals surface area contributed by atoms with Crippen molar-refractivity contribution in [2.45, 2.75) is 19.8 Å². The summed E-state index contributed by atoms with van der Waals surface area (Å²) in [6.45, 7) is 1.69. The summed E-state index contributed by atoms with van der Waals surface area (Å²) in [5.41, 5.74) is 1.41. The maximum absolute atomic E-state index is 12.4. The van der Waals surface area contributed by atoms with E-state index in [1.165, 1.54) is 0 Å². The van der Waals surface area contributed by atoms with Crippen LogP contribution >= 0.6 is 0 Å². The fraction of sp³-hybridized carbons (Fsp3) is 0.176. The van der Waals surface area contributed by atoms with Gasteiger partial charge in [-0.2, -0.15) is 0 Å². The Morgan fingerprint density at radius 2 is 1.52 bits per heavy atom. The molecule has 21 heavy (non-hydrogen) atoms. The van der Waals surface area contributed by atoms with E-state index in [-0.39, 0.29) is 18.7 Å². The van der Waals surface area contributed by atoms with E-state index in [2.05, 4.69) is 0 Å². The molecule has 1 amide bonds. The van der Waals surface area contributed by atoms with Crippen LogP contribution in [0.1, 0.15) is 18.9 Å². The summed E-state index contributed by atoms with van der Waals surface area (Å²) in [5.74, 6) is -0.727. The van der Waals surface area contributed by atoms with Gasteiger partial charge in [-0.3, -0.25) is 4.79 Å². The van der Waals surface area contributed by atoms with E-state index in [1.54, 1.807) is 31.2 Å². The molecule has 4 nitrogen and oxygen atoms in total. The first-order valence-corrected chi connectivity index (χ1v) is 6.83. The fourth-order valence-electron chi connectivity index (χ4n) is 1.82. The lowest BCUT2D eigenvalue weighted by molar-refractivity contribution is -0.150. The third-order valence-corrected chi connectivity index (χ3v) is 2.90. The number of nitrogens with zero attached hydrogens (tertiary/aromatic N) is 1. The minimum atomic E-state index is -0.444. The van der Waals surface area contributed by atoms with E-state index >= 15 is 0 Å². The van der Waals surface area contributed by atoms with E-state index < -0.39 is 5.97 Å². The summed E-state index contributed by atoms with van der Waals surface area (Å²) < 4.78 is 0. The van der Waals surface area contributed by atoms with Crippen LogP contribution in [-0.2, 0) is 20.8 Å². The molecule has 2 aromatic rings. The average Bonchev–Trinajstić information content (AvgIpc) is 2.54. The number of hydrogen-bond acceptors (Lipinski definition) is 3. The van der Waals surface area contributed by atoms with E-state index in [4.69, 9.17) is 4.84 Å². The highest BCUT2D eigenvalue weighted by Crippen LogP contribution is 2.16. The van der Waals surface area contributed by atoms with Crippen molar-refractivity contribution in [2.24, 2.45) is 0 Å². The van der Waals surface area contributed by atoms with Crippen LogP contribution in [0.4, 0.5) is 5.69 Å². The summed E-state index contributed by atoms with van der Waals surface area (Å²) in [6.07, 6.45) is 0.384. The Morgan fingerprint density at radius 3 is 2.10 bits per heavy atom. The van der Waals surface area contributed by atoms with Crippen molar-refractivity contribution < 1.29 is 14.4 Å². The molecule has 0 aliphatic rings. The molecule has 0 fully saturated rings. The monoisotopic (exact) mass is 283 g/mol. The van der Waals surface area contributed by atoms with Crippen LogP contribution < -0.4 is 5.06 Å². The third kappa shape index (κ3) is 4.18. The molecule has 0 aliphatic heterocycles. The number of amides is 1. The molecule has 0 N–H and O–H groups in total. The van der Waals surface area contributed by atoms with Crippen molar-refractivity contribution >= 4 is 17.6 Å². The number of carbonyl (C=O) groups excluding carboxylic acids is 2. The van der Waals surface area contributed by atoms with Gasteiger partial charge in [0.1, 0.15) is 0 Å². The average molecular weight is 283 g/mol. The van der Waals surface area contributed by atoms with Gasteiger partial charge in [0.25, 0.3) is 5.91 Å². The Bertz CT molecular complexity index is 596. The summed E-state index contributed by atoms with van der Waals surface area (Å²) >= 11 is 0. The summed E-state index contributed by atoms with van der Waals surface area (Å²) in [7, 11) is 0. The molecule has 0 bridgehead atoms. The molecule has 0 saturated carbocycles. The number of benzene rings is 2. The Hall–Kier alpha value is -2.62. The van der Waals surface area contributed by atoms with Crippen molar-refractivity contribution in [3.05, 3.63) is 66.2 Å². The molecule has 0 atom stereocenters. The highest BCUT2D eigenvalue weighted by Gasteiger charge is 2.20. The van der Waals surface area contributed by atoms with Gasteiger partial charge in [0.2, 0.25) is 0 Å². The van der Waals surface area contributed by atoms with E-state index in [0.29, 0.717) is 5.69 Å². The Morgan fingerprint density at radius 1 is 0.952 bits per heavy atom. The van der Waals surface area contributed by atoms with Crippen molar-refractivity contribution in [3.63, 3.8) is 0 Å². The molecule has 0 aromatic heterocycles. The van der Waals surface area contributed by atoms with Gasteiger partial charge in [0.05, 0.1) is 12.1 Å². The molecule has 0 spiro atoms. The minimum absolute atomic E-state index is 0.173. The first-order chi connectivity index (χ1) is 10.2. The topological polar surface area (TPSA) is 46.6 Å². The van der Waals surface area contributed by atoms with Crippen LogP contribution in [0.2, 0.25) is 0 Å². The number of hydroxylamine groups is 1. The molecule has 0 heterocycles. The van der Waals surface area contributed by atoms with Crippen molar-refractivity contribution in [3.8, 4) is 0 Å². The van der Waals surface area contributed by atoms with Gasteiger partial charge in [-0.25, -0.2) is 4.79 Å². The fourth-order valence-corrected chi connectivity index (χ4v) is 1.82. The first kappa shape index (κ1) is 14.8. The first-order valence-electron chi connectivity index (χ1n) is 6.83. The molecule has 0 radical (unpaired) electrons. The zero-order valence-electron chi connectivity index (χ0n) is 11.9. The number of anilines is 1. The third-order valence-electron chi connectivity index (χ3n) is 2.90. The van der Waals surface area contributed by atoms with Crippen LogP contribution in [0.3, 0.4) is 0 Å². The van der Waals surface area contributed by atoms with Gasteiger partial charge in [0, 0.05) is 6.42 Å². The molecule has 0 aliphatic carbocycles. The molecule has 2 aromatic carbocycles. The van der Waals surface area contributed by atoms with Crippen LogP contribution in [0.15, 0.2) is 60.7 Å². The summed E-state index contributed by atoms with van der Waals surface area (Å²) in [6, 6.07) is 18.2. The van der Waals surface area contributed by atoms with E-state index in [0.717, 1.165) is 10.6 Å². The second-order valence-corrected chi connectivity index (χ2v) is 4.50. The molecule has 0 saturated heterocycles. The molecular formula is C17H17NO3. The van der Waals surface area contributed by atoms with Gasteiger partial charge in [-0.05, 0) is 17.7 Å². The Balaban J connectivity index is 2.18. The Kier molecular flexibility index (Phi) is 5.10. The number of para-hydroxylation sites is 1. The van der Waals surface area contributed by atoms with Gasteiger partial charge >= 0.3 is 5.97 Å². The maximum Gasteiger partial charge on any atom is 0.332 e. The van der Waals surface area contributed by atoms with Crippen molar-refractivity contribution in [1.29, 1.82) is 0 Å². The zero-order valence-corrected chi connectivity index (χ0v) is 11.9. The molecule has 2 rings (SSSR count). The Labute approximate surface area is 123 Å². The van der Waals surface area contributed by atoms with Gasteiger partial charge in [0.15, 0.2) is 0 Å². The van der Waals surface area contributed by atoms with Gasteiger partial charge < -0.3 is 4.84 Å². The highest BCUT2D eigenvalue weighted by molar-refractivity contribution is 5.94. The van der Waals surface area contributed by atoms with Crippen LogP contribution in [-0.4, -0.2) is 11.9 Å². The second-order valence-electron chi connectivity index (χ2n) is 4.50. The van der Waals surface area contributed by atoms with Gasteiger partial charge in [-0.1, -0.05) is 55.5 Å². The highest BCUT2D eigenvalue weighted by atomic mass is 16.7. The smallest absolute Gasteiger partial charge is 0.332 e. The van der Waals surface area contributed by atoms with Crippen LogP contribution in [0.5, 0.6) is 0 Å². The number of hydrogen-bond donors (Lipinski definition) is 0. The lowest BCUT2D eigenvalue weighted by atomic mass is 10.1. The second kappa shape index (κ2) is 7.24. The standard InChI is InChI=1S/C17H17NO3/c1-2-17(20)21-18(15-11-7-4-8-12-15)16(19)13-14-9-5-3-6-10-14/h3-12H,2,13H2,1H3. The van der Waals surface area contributed by atoms with Gasteiger partial charge in [-0.15, -0.1) is 5.06 Å². The lowest BCUT2D eigenvalue weighted by Crippen LogP contribution is -2.34. The summed E-state index contributed by atoms with van der Waals surface area (Å²) in [4.78, 5) is 29.1. The summed E-state index contributed by atoms with van der Waals surface area (Å²) in [5, 5.41) is 1.07. The van der Waals surface area contributed by atoms with Crippen molar-refractivity contribution in [1.82, 2.24) is 0 Å². The normalized spacial score (nSPS) is 9.95. The lowest BCUT2D eigenvalue weighted by Gasteiger charge is -2.21. The van der Waals surface area contributed by atoms with Crippen molar-refractivity contribution in [2.75, 3.05) is 5.06 Å². The van der Waals surface area contributed by atoms with Crippen LogP contribution in [0, 0.1) is 0 Å². The maximum atomic E-state index is 12.4. The molecular weight excluding hydrogens is 266 g/mol. The molecule has 0 unspecified atom stereocenters. The van der Waals surface area contributed by atoms with E-state index in [1.807, 2.05) is 36.4 Å². The SMILES string of the molecule is CCC(=O)ON(C(=O)Cc1ccccc1)c1ccccc1. The van der Waals surface area contributed by atoms with E-state index in [9.17, 15) is 9.59 Å². The molecule has 4 heteroatoms. The minimum Gasteiger partial charge on any atom is -0.333 e. The predicted octanol–water partition coefficient (Wildman–Crippen LogP) is 3.13. The largest absolute Gasteiger partial charge is 0.333 e. The van der Waals surface area contributed by atoms with Crippen LogP contribution in [0.25, 0.3) is 0 Å². The molecule has 108 valence electrons. The predicted molar refractivity (Wildman–Crippen MR) is 80.5 cm³/mol. The quantitative estimate of drug-likeness (QED) is 0.810. The number of carbonyl (C=O) groups is 2.